The summed E-state index contributed by atoms with van der Waals surface area (Å²) < 4.78 is 9.30. The fourth-order valence-electron chi connectivity index (χ4n) is 5.52. The highest BCUT2D eigenvalue weighted by molar-refractivity contribution is 9.10. The van der Waals surface area contributed by atoms with Gasteiger partial charge in [-0.05, 0) is 72.0 Å². The number of nitrogens with zero attached hydrogens (tertiary/aromatic N) is 2. The van der Waals surface area contributed by atoms with Gasteiger partial charge in [-0.15, -0.1) is 0 Å². The second kappa shape index (κ2) is 10.1. The van der Waals surface area contributed by atoms with Gasteiger partial charge in [0.1, 0.15) is 11.5 Å². The number of fused-ring (bicyclic) bond motifs is 3. The molecule has 2 aromatic heterocycles. The van der Waals surface area contributed by atoms with Crippen LogP contribution in [0.5, 0.6) is 0 Å². The molecule has 1 aliphatic carbocycles. The number of allylic oxidation sites excluding steroid dienone is 1. The second-order valence-electron chi connectivity index (χ2n) is 9.87. The number of carboxylic acids is 1. The number of furan rings is 1. The third-order valence-electron chi connectivity index (χ3n) is 7.44. The van der Waals surface area contributed by atoms with Crippen molar-refractivity contribution in [2.75, 3.05) is 0 Å². The van der Waals surface area contributed by atoms with E-state index in [0.29, 0.717) is 26.4 Å². The smallest absolute Gasteiger partial charge is 0.337 e. The molecule has 1 N–H and O–H groups in total. The second-order valence-corrected chi connectivity index (χ2v) is 12.2. The number of aryl methyl sites for hydroxylation is 1. The normalized spacial score (nSPS) is 16.1. The van der Waals surface area contributed by atoms with Crippen LogP contribution in [-0.4, -0.2) is 15.6 Å². The van der Waals surface area contributed by atoms with Gasteiger partial charge in [-0.3, -0.25) is 9.36 Å². The summed E-state index contributed by atoms with van der Waals surface area (Å²) in [5.74, 6) is -0.162. The molecule has 0 amide bonds. The number of hydrogen-bond acceptors (Lipinski definition) is 5. The number of rotatable bonds is 4. The van der Waals surface area contributed by atoms with Gasteiger partial charge in [0.2, 0.25) is 0 Å². The van der Waals surface area contributed by atoms with Crippen molar-refractivity contribution >= 4 is 56.6 Å². The van der Waals surface area contributed by atoms with Gasteiger partial charge in [-0.25, -0.2) is 9.79 Å². The molecule has 202 valence electrons. The Labute approximate surface area is 251 Å². The Kier molecular flexibility index (Phi) is 6.42. The van der Waals surface area contributed by atoms with Gasteiger partial charge < -0.3 is 9.52 Å². The fourth-order valence-corrected chi connectivity index (χ4v) is 6.97. The Balaban J connectivity index is 1.37. The molecule has 0 radical (unpaired) electrons. The maximum absolute atomic E-state index is 14.0. The topological polar surface area (TPSA) is 84.8 Å². The van der Waals surface area contributed by atoms with Crippen LogP contribution in [0.15, 0.2) is 103 Å². The zero-order chi connectivity index (χ0) is 28.2. The van der Waals surface area contributed by atoms with Crippen molar-refractivity contribution in [3.05, 3.63) is 142 Å². The first kappa shape index (κ1) is 26.0. The molecule has 9 heteroatoms. The monoisotopic (exact) mass is 642 g/mol. The molecule has 1 atom stereocenters. The van der Waals surface area contributed by atoms with Gasteiger partial charge in [0.15, 0.2) is 4.80 Å². The first-order valence-electron chi connectivity index (χ1n) is 12.9. The molecule has 3 heterocycles. The molecule has 2 aliphatic rings. The van der Waals surface area contributed by atoms with Crippen molar-refractivity contribution in [1.29, 1.82) is 0 Å². The quantitative estimate of drug-likeness (QED) is 0.237. The molecule has 0 saturated heterocycles. The lowest BCUT2D eigenvalue weighted by atomic mass is 9.83. The molecular formula is C32H20BrClN2O4S. The Bertz CT molecular complexity index is 2090. The van der Waals surface area contributed by atoms with Crippen molar-refractivity contribution in [1.82, 2.24) is 4.57 Å². The highest BCUT2D eigenvalue weighted by atomic mass is 79.9. The summed E-state index contributed by atoms with van der Waals surface area (Å²) in [7, 11) is 0. The van der Waals surface area contributed by atoms with Crippen LogP contribution in [0, 0.1) is 0 Å². The van der Waals surface area contributed by atoms with Crippen molar-refractivity contribution in [3.8, 4) is 11.3 Å². The van der Waals surface area contributed by atoms with Crippen LogP contribution in [0.25, 0.3) is 23.1 Å². The Morgan fingerprint density at radius 2 is 1.88 bits per heavy atom. The van der Waals surface area contributed by atoms with Crippen LogP contribution in [0.4, 0.5) is 0 Å². The summed E-state index contributed by atoms with van der Waals surface area (Å²) in [6, 6.07) is 24.4. The number of halogens is 2. The van der Waals surface area contributed by atoms with Gasteiger partial charge in [0.05, 0.1) is 26.9 Å². The van der Waals surface area contributed by atoms with E-state index in [1.165, 1.54) is 29.0 Å². The standard InChI is InChI=1S/C32H20BrClN2O4S/c33-20-9-5-18(6-10-20)29-23-12-7-17-3-1-2-4-22(17)28(23)35-32-36(29)30(37)27(41-32)16-21-11-14-26(40-21)19-8-13-25(34)24(15-19)31(38)39/h1-6,8-11,13-16,29H,7,12H2,(H,38,39)/b27-16-/t29-/m1/s1. The highest BCUT2D eigenvalue weighted by Gasteiger charge is 2.32. The number of hydrogen-bond donors (Lipinski definition) is 1. The average Bonchev–Trinajstić information content (AvgIpc) is 3.57. The average molecular weight is 644 g/mol. The summed E-state index contributed by atoms with van der Waals surface area (Å²) >= 11 is 10.9. The minimum Gasteiger partial charge on any atom is -0.478 e. The highest BCUT2D eigenvalue weighted by Crippen LogP contribution is 2.41. The van der Waals surface area contributed by atoms with Crippen LogP contribution in [-0.2, 0) is 6.42 Å². The van der Waals surface area contributed by atoms with Gasteiger partial charge in [-0.2, -0.15) is 0 Å². The zero-order valence-corrected chi connectivity index (χ0v) is 24.5. The van der Waals surface area contributed by atoms with E-state index in [1.807, 2.05) is 18.2 Å². The van der Waals surface area contributed by atoms with E-state index in [4.69, 9.17) is 21.0 Å². The molecule has 41 heavy (non-hydrogen) atoms. The third kappa shape index (κ3) is 4.52. The van der Waals surface area contributed by atoms with E-state index >= 15 is 0 Å². The molecule has 1 aliphatic heterocycles. The van der Waals surface area contributed by atoms with E-state index in [2.05, 4.69) is 46.3 Å². The Morgan fingerprint density at radius 3 is 2.68 bits per heavy atom. The molecule has 5 aromatic rings. The van der Waals surface area contributed by atoms with Crippen LogP contribution in [0.1, 0.15) is 45.3 Å². The number of aromatic nitrogens is 1. The van der Waals surface area contributed by atoms with E-state index < -0.39 is 5.97 Å². The summed E-state index contributed by atoms with van der Waals surface area (Å²) in [5, 5.41) is 9.58. The van der Waals surface area contributed by atoms with Gasteiger partial charge in [0.25, 0.3) is 5.56 Å². The summed E-state index contributed by atoms with van der Waals surface area (Å²) in [6.45, 7) is 0. The first-order chi connectivity index (χ1) is 19.9. The molecular weight excluding hydrogens is 624 g/mol. The van der Waals surface area contributed by atoms with E-state index in [0.717, 1.165) is 39.7 Å². The predicted octanol–water partition coefficient (Wildman–Crippen LogP) is 6.69. The summed E-state index contributed by atoms with van der Waals surface area (Å²) in [6.07, 6.45) is 3.43. The third-order valence-corrected chi connectivity index (χ3v) is 9.28. The molecule has 0 fully saturated rings. The van der Waals surface area contributed by atoms with Crippen LogP contribution < -0.4 is 14.9 Å². The van der Waals surface area contributed by atoms with Crippen LogP contribution >= 0.6 is 38.9 Å². The van der Waals surface area contributed by atoms with E-state index in [-0.39, 0.29) is 22.2 Å². The number of aromatic carboxylic acids is 1. The van der Waals surface area contributed by atoms with E-state index in [9.17, 15) is 14.7 Å². The molecule has 0 unspecified atom stereocenters. The van der Waals surface area contributed by atoms with Gasteiger partial charge >= 0.3 is 5.97 Å². The van der Waals surface area contributed by atoms with Crippen molar-refractivity contribution in [2.24, 2.45) is 4.99 Å². The number of benzene rings is 3. The lowest BCUT2D eigenvalue weighted by Gasteiger charge is -2.30. The molecule has 6 nitrogen and oxygen atoms in total. The lowest BCUT2D eigenvalue weighted by molar-refractivity contribution is 0.0697. The molecule has 0 spiro atoms. The van der Waals surface area contributed by atoms with Crippen LogP contribution in [0.2, 0.25) is 5.02 Å². The van der Waals surface area contributed by atoms with Crippen molar-refractivity contribution in [2.45, 2.75) is 18.9 Å². The molecule has 0 bridgehead atoms. The number of carbonyl (C=O) groups is 1. The Hall–Kier alpha value is -3.98. The minimum absolute atomic E-state index is 0.00564. The fraction of sp³-hybridized carbons (Fsp3) is 0.0938. The maximum atomic E-state index is 14.0. The summed E-state index contributed by atoms with van der Waals surface area (Å²) in [4.78, 5) is 31.2. The molecule has 0 saturated carbocycles. The largest absolute Gasteiger partial charge is 0.478 e. The number of thiazole rings is 1. The molecule has 7 rings (SSSR count). The van der Waals surface area contributed by atoms with Crippen LogP contribution in [0.3, 0.4) is 0 Å². The zero-order valence-electron chi connectivity index (χ0n) is 21.3. The van der Waals surface area contributed by atoms with Gasteiger partial charge in [-0.1, -0.05) is 75.3 Å². The van der Waals surface area contributed by atoms with E-state index in [1.54, 1.807) is 28.8 Å². The van der Waals surface area contributed by atoms with Gasteiger partial charge in [0, 0.05) is 21.7 Å². The Morgan fingerprint density at radius 1 is 1.07 bits per heavy atom. The van der Waals surface area contributed by atoms with Crippen molar-refractivity contribution < 1.29 is 14.3 Å². The number of carboxylic acid groups (broad SMARTS) is 1. The first-order valence-corrected chi connectivity index (χ1v) is 14.9. The maximum Gasteiger partial charge on any atom is 0.337 e. The molecule has 3 aromatic carbocycles. The van der Waals surface area contributed by atoms with Crippen molar-refractivity contribution in [3.63, 3.8) is 0 Å². The lowest BCUT2D eigenvalue weighted by Crippen LogP contribution is -2.38. The minimum atomic E-state index is -1.12. The SMILES string of the molecule is O=C(O)c1cc(-c2ccc(/C=c3\sc4n(c3=O)[C@H](c3ccc(Br)cc3)C3=C(N=4)c4ccccc4CC3)o2)ccc1Cl. The summed E-state index contributed by atoms with van der Waals surface area (Å²) in [5.41, 5.74) is 5.94. The predicted molar refractivity (Wildman–Crippen MR) is 163 cm³/mol.